The molecule has 1 aromatic rings. The second-order valence-corrected chi connectivity index (χ2v) is 5.67. The van der Waals surface area contributed by atoms with E-state index in [0.29, 0.717) is 5.92 Å². The number of benzene rings is 1. The van der Waals surface area contributed by atoms with Crippen molar-refractivity contribution in [1.29, 1.82) is 0 Å². The van der Waals surface area contributed by atoms with Gasteiger partial charge in [0.05, 0.1) is 4.92 Å². The van der Waals surface area contributed by atoms with Crippen molar-refractivity contribution in [2.75, 3.05) is 19.8 Å². The molecule has 0 spiro atoms. The van der Waals surface area contributed by atoms with E-state index in [4.69, 9.17) is 4.74 Å². The molecule has 0 radical (unpaired) electrons. The molecule has 1 aliphatic rings. The Bertz CT molecular complexity index is 459. The Morgan fingerprint density at radius 1 is 1.52 bits per heavy atom. The van der Waals surface area contributed by atoms with Crippen molar-refractivity contribution < 1.29 is 9.66 Å². The van der Waals surface area contributed by atoms with Gasteiger partial charge in [0.15, 0.2) is 0 Å². The van der Waals surface area contributed by atoms with E-state index in [1.165, 1.54) is 0 Å². The van der Waals surface area contributed by atoms with Gasteiger partial charge in [-0.3, -0.25) is 10.1 Å². The van der Waals surface area contributed by atoms with E-state index in [-0.39, 0.29) is 16.7 Å². The Kier molecular flexibility index (Phi) is 6.14. The van der Waals surface area contributed by atoms with Gasteiger partial charge >= 0.3 is 0 Å². The fraction of sp³-hybridized carbons (Fsp3) is 0.625. The normalized spacial score (nSPS) is 19.6. The van der Waals surface area contributed by atoms with E-state index in [1.54, 1.807) is 18.2 Å². The lowest BCUT2D eigenvalue weighted by Gasteiger charge is -2.19. The minimum absolute atomic E-state index is 0.166. The number of ether oxygens (including phenoxy) is 1. The first-order valence-corrected chi connectivity index (χ1v) is 7.76. The predicted molar refractivity (Wildman–Crippen MR) is 82.3 cm³/mol. The van der Waals surface area contributed by atoms with Crippen LogP contribution >= 0.6 is 0 Å². The van der Waals surface area contributed by atoms with Gasteiger partial charge in [-0.15, -0.1) is 0 Å². The molecule has 2 rings (SSSR count). The van der Waals surface area contributed by atoms with Gasteiger partial charge in [0, 0.05) is 31.4 Å². The van der Waals surface area contributed by atoms with Crippen LogP contribution in [0.15, 0.2) is 24.3 Å². The van der Waals surface area contributed by atoms with Crippen molar-refractivity contribution in [2.45, 2.75) is 38.6 Å². The average molecular weight is 292 g/mol. The molecular formula is C16H24N2O3. The second-order valence-electron chi connectivity index (χ2n) is 5.67. The first kappa shape index (κ1) is 15.9. The summed E-state index contributed by atoms with van der Waals surface area (Å²) >= 11 is 0. The molecule has 1 N–H and O–H groups in total. The Hall–Kier alpha value is -1.46. The zero-order chi connectivity index (χ0) is 15.1. The summed E-state index contributed by atoms with van der Waals surface area (Å²) in [6.07, 6.45) is 4.29. The van der Waals surface area contributed by atoms with Crippen molar-refractivity contribution in [3.63, 3.8) is 0 Å². The minimum atomic E-state index is -0.331. The molecule has 1 fully saturated rings. The number of non-ortho nitro benzene ring substituents is 1. The van der Waals surface area contributed by atoms with Crippen LogP contribution in [0.25, 0.3) is 0 Å². The lowest BCUT2D eigenvalue weighted by atomic mass is 10.0. The molecule has 0 bridgehead atoms. The number of rotatable bonds is 8. The smallest absolute Gasteiger partial charge is 0.269 e. The summed E-state index contributed by atoms with van der Waals surface area (Å²) in [5.41, 5.74) is 1.17. The van der Waals surface area contributed by atoms with E-state index in [0.717, 1.165) is 51.0 Å². The molecule has 1 heterocycles. The van der Waals surface area contributed by atoms with E-state index in [9.17, 15) is 10.1 Å². The summed E-state index contributed by atoms with van der Waals surface area (Å²) in [4.78, 5) is 10.6. The van der Waals surface area contributed by atoms with Crippen LogP contribution in [0, 0.1) is 16.0 Å². The molecule has 21 heavy (non-hydrogen) atoms. The Morgan fingerprint density at radius 3 is 3.05 bits per heavy atom. The molecule has 5 heteroatoms. The molecule has 2 unspecified atom stereocenters. The van der Waals surface area contributed by atoms with Crippen LogP contribution in [-0.4, -0.2) is 24.7 Å². The molecule has 1 saturated heterocycles. The van der Waals surface area contributed by atoms with Crippen LogP contribution < -0.4 is 5.32 Å². The van der Waals surface area contributed by atoms with Gasteiger partial charge in [-0.05, 0) is 37.3 Å². The highest BCUT2D eigenvalue weighted by atomic mass is 16.6. The van der Waals surface area contributed by atoms with Crippen LogP contribution in [0.1, 0.15) is 44.2 Å². The zero-order valence-electron chi connectivity index (χ0n) is 12.6. The highest BCUT2D eigenvalue weighted by molar-refractivity contribution is 5.35. The molecule has 116 valence electrons. The van der Waals surface area contributed by atoms with E-state index in [2.05, 4.69) is 12.2 Å². The molecule has 2 atom stereocenters. The van der Waals surface area contributed by atoms with Crippen LogP contribution in [-0.2, 0) is 4.74 Å². The summed E-state index contributed by atoms with van der Waals surface area (Å²) in [6, 6.07) is 7.16. The molecule has 1 aromatic carbocycles. The standard InChI is InChI=1S/C16H24N2O3/c1-2-4-16(17-9-7-13-8-10-21-12-13)14-5-3-6-15(11-14)18(19)20/h3,5-6,11,13,16-17H,2,4,7-10,12H2,1H3. The highest BCUT2D eigenvalue weighted by Gasteiger charge is 2.17. The monoisotopic (exact) mass is 292 g/mol. The van der Waals surface area contributed by atoms with Gasteiger partial charge < -0.3 is 10.1 Å². The quantitative estimate of drug-likeness (QED) is 0.588. The summed E-state index contributed by atoms with van der Waals surface area (Å²) in [7, 11) is 0. The zero-order valence-corrected chi connectivity index (χ0v) is 12.6. The summed E-state index contributed by atoms with van der Waals surface area (Å²) in [5, 5.41) is 14.4. The molecule has 0 aromatic heterocycles. The maximum Gasteiger partial charge on any atom is 0.269 e. The molecule has 0 amide bonds. The number of hydrogen-bond acceptors (Lipinski definition) is 4. The van der Waals surface area contributed by atoms with Gasteiger partial charge in [-0.2, -0.15) is 0 Å². The first-order chi connectivity index (χ1) is 10.2. The molecular weight excluding hydrogens is 268 g/mol. The maximum atomic E-state index is 10.9. The van der Waals surface area contributed by atoms with Gasteiger partial charge in [-0.1, -0.05) is 25.5 Å². The van der Waals surface area contributed by atoms with Crippen LogP contribution in [0.3, 0.4) is 0 Å². The highest BCUT2D eigenvalue weighted by Crippen LogP contribution is 2.23. The summed E-state index contributed by atoms with van der Waals surface area (Å²) in [6.45, 7) is 4.82. The minimum Gasteiger partial charge on any atom is -0.381 e. The Morgan fingerprint density at radius 2 is 2.38 bits per heavy atom. The number of hydrogen-bond donors (Lipinski definition) is 1. The topological polar surface area (TPSA) is 64.4 Å². The molecule has 1 aliphatic heterocycles. The molecule has 0 aliphatic carbocycles. The van der Waals surface area contributed by atoms with Crippen molar-refractivity contribution in [2.24, 2.45) is 5.92 Å². The Labute approximate surface area is 125 Å². The van der Waals surface area contributed by atoms with Gasteiger partial charge in [0.2, 0.25) is 0 Å². The van der Waals surface area contributed by atoms with Crippen molar-refractivity contribution in [3.8, 4) is 0 Å². The lowest BCUT2D eigenvalue weighted by molar-refractivity contribution is -0.384. The van der Waals surface area contributed by atoms with E-state index in [1.807, 2.05) is 6.07 Å². The molecule has 0 saturated carbocycles. The SMILES string of the molecule is CCCC(NCCC1CCOC1)c1cccc([N+](=O)[O-])c1. The third kappa shape index (κ3) is 4.79. The first-order valence-electron chi connectivity index (χ1n) is 7.76. The predicted octanol–water partition coefficient (Wildman–Crippen LogP) is 3.45. The maximum absolute atomic E-state index is 10.9. The van der Waals surface area contributed by atoms with Crippen LogP contribution in [0.4, 0.5) is 5.69 Å². The van der Waals surface area contributed by atoms with E-state index >= 15 is 0 Å². The summed E-state index contributed by atoms with van der Waals surface area (Å²) < 4.78 is 5.39. The van der Waals surface area contributed by atoms with Crippen molar-refractivity contribution >= 4 is 5.69 Å². The van der Waals surface area contributed by atoms with Gasteiger partial charge in [0.1, 0.15) is 0 Å². The number of nitrogens with zero attached hydrogens (tertiary/aromatic N) is 1. The Balaban J connectivity index is 1.93. The molecule has 5 nitrogen and oxygen atoms in total. The van der Waals surface area contributed by atoms with Gasteiger partial charge in [-0.25, -0.2) is 0 Å². The third-order valence-corrected chi connectivity index (χ3v) is 4.03. The van der Waals surface area contributed by atoms with Crippen molar-refractivity contribution in [3.05, 3.63) is 39.9 Å². The van der Waals surface area contributed by atoms with Crippen LogP contribution in [0.2, 0.25) is 0 Å². The lowest BCUT2D eigenvalue weighted by Crippen LogP contribution is -2.24. The number of nitro groups is 1. The average Bonchev–Trinajstić information content (AvgIpc) is 3.00. The fourth-order valence-electron chi connectivity index (χ4n) is 2.80. The van der Waals surface area contributed by atoms with Crippen LogP contribution in [0.5, 0.6) is 0 Å². The van der Waals surface area contributed by atoms with E-state index < -0.39 is 0 Å². The van der Waals surface area contributed by atoms with Crippen molar-refractivity contribution in [1.82, 2.24) is 5.32 Å². The third-order valence-electron chi connectivity index (χ3n) is 4.03. The fourth-order valence-corrected chi connectivity index (χ4v) is 2.80. The second kappa shape index (κ2) is 8.10. The number of nitro benzene ring substituents is 1. The largest absolute Gasteiger partial charge is 0.381 e. The van der Waals surface area contributed by atoms with Gasteiger partial charge in [0.25, 0.3) is 5.69 Å². The number of nitrogens with one attached hydrogen (secondary N) is 1. The summed E-state index contributed by atoms with van der Waals surface area (Å²) in [5.74, 6) is 0.657.